The Hall–Kier alpha value is -1.17. The molecule has 2 aliphatic rings. The van der Waals surface area contributed by atoms with Crippen molar-refractivity contribution in [2.24, 2.45) is 0 Å². The van der Waals surface area contributed by atoms with Crippen LogP contribution in [0.1, 0.15) is 37.3 Å². The fraction of sp³-hybridized carbons (Fsp3) is 0.688. The molecule has 3 rings (SSSR count). The molecule has 2 aliphatic heterocycles. The third-order valence-corrected chi connectivity index (χ3v) is 4.71. The Balaban J connectivity index is 1.72. The number of anilines is 1. The van der Waals surface area contributed by atoms with Gasteiger partial charge in [0.15, 0.2) is 0 Å². The average Bonchev–Trinajstić information content (AvgIpc) is 2.95. The number of hydrogen-bond donors (Lipinski definition) is 2. The van der Waals surface area contributed by atoms with Gasteiger partial charge in [-0.25, -0.2) is 4.98 Å². The molecule has 3 heterocycles. The van der Waals surface area contributed by atoms with Crippen molar-refractivity contribution in [2.75, 3.05) is 38.7 Å². The van der Waals surface area contributed by atoms with Crippen molar-refractivity contribution in [1.29, 1.82) is 0 Å². The van der Waals surface area contributed by atoms with Gasteiger partial charge in [-0.3, -0.25) is 4.90 Å². The van der Waals surface area contributed by atoms with Gasteiger partial charge < -0.3 is 15.2 Å². The number of aliphatic hydroxyl groups is 1. The number of aromatic nitrogens is 1. The summed E-state index contributed by atoms with van der Waals surface area (Å²) in [4.78, 5) is 6.72. The zero-order chi connectivity index (χ0) is 14.7. The molecule has 21 heavy (non-hydrogen) atoms. The second kappa shape index (κ2) is 6.30. The lowest BCUT2D eigenvalue weighted by Crippen LogP contribution is -2.46. The number of hydrogen-bond acceptors (Lipinski definition) is 5. The predicted molar refractivity (Wildman–Crippen MR) is 82.3 cm³/mol. The third-order valence-electron chi connectivity index (χ3n) is 4.71. The molecule has 0 spiro atoms. The maximum absolute atomic E-state index is 10.8. The first kappa shape index (κ1) is 14.8. The van der Waals surface area contributed by atoms with Gasteiger partial charge in [0, 0.05) is 51.9 Å². The van der Waals surface area contributed by atoms with Crippen molar-refractivity contribution in [2.45, 2.75) is 37.3 Å². The lowest BCUT2D eigenvalue weighted by Gasteiger charge is -2.37. The molecule has 1 aromatic rings. The van der Waals surface area contributed by atoms with Gasteiger partial charge in [-0.2, -0.15) is 0 Å². The van der Waals surface area contributed by atoms with Gasteiger partial charge in [-0.15, -0.1) is 0 Å². The van der Waals surface area contributed by atoms with E-state index in [9.17, 15) is 5.11 Å². The smallest absolute Gasteiger partial charge is 0.125 e. The molecule has 2 fully saturated rings. The van der Waals surface area contributed by atoms with E-state index in [1.54, 1.807) is 0 Å². The second-order valence-electron chi connectivity index (χ2n) is 6.19. The molecule has 0 bridgehead atoms. The van der Waals surface area contributed by atoms with E-state index < -0.39 is 5.60 Å². The minimum atomic E-state index is -0.584. The number of ether oxygens (including phenoxy) is 1. The van der Waals surface area contributed by atoms with E-state index in [-0.39, 0.29) is 0 Å². The summed E-state index contributed by atoms with van der Waals surface area (Å²) in [7, 11) is 1.89. The van der Waals surface area contributed by atoms with Crippen molar-refractivity contribution in [3.8, 4) is 0 Å². The largest absolute Gasteiger partial charge is 0.388 e. The van der Waals surface area contributed by atoms with Crippen molar-refractivity contribution in [3.05, 3.63) is 23.9 Å². The van der Waals surface area contributed by atoms with Gasteiger partial charge in [0.1, 0.15) is 5.82 Å². The highest BCUT2D eigenvalue weighted by Gasteiger charge is 2.36. The molecule has 1 aromatic heterocycles. The summed E-state index contributed by atoms with van der Waals surface area (Å²) < 4.78 is 5.38. The topological polar surface area (TPSA) is 57.6 Å². The number of rotatable bonds is 4. The van der Waals surface area contributed by atoms with E-state index in [4.69, 9.17) is 4.74 Å². The summed E-state index contributed by atoms with van der Waals surface area (Å²) in [6, 6.07) is 4.61. The molecule has 116 valence electrons. The molecule has 1 atom stereocenters. The molecule has 0 radical (unpaired) electrons. The molecule has 0 saturated carbocycles. The van der Waals surface area contributed by atoms with E-state index in [0.717, 1.165) is 38.2 Å². The van der Waals surface area contributed by atoms with Gasteiger partial charge in [-0.1, -0.05) is 0 Å². The lowest BCUT2D eigenvalue weighted by molar-refractivity contribution is -0.0815. The van der Waals surface area contributed by atoms with Crippen LogP contribution in [-0.2, 0) is 4.74 Å². The molecular formula is C16H25N3O2. The van der Waals surface area contributed by atoms with Gasteiger partial charge in [-0.05, 0) is 37.1 Å². The van der Waals surface area contributed by atoms with Crippen molar-refractivity contribution in [3.63, 3.8) is 0 Å². The van der Waals surface area contributed by atoms with Crippen LogP contribution in [0.5, 0.6) is 0 Å². The molecule has 1 unspecified atom stereocenters. The van der Waals surface area contributed by atoms with Crippen LogP contribution in [0.2, 0.25) is 0 Å². The Morgan fingerprint density at radius 2 is 2.29 bits per heavy atom. The van der Waals surface area contributed by atoms with Gasteiger partial charge in [0.05, 0.1) is 5.60 Å². The van der Waals surface area contributed by atoms with Crippen LogP contribution in [0.4, 0.5) is 5.82 Å². The number of β-amino-alcohol motifs (C(OH)–C–C–N with tert-alkyl or cyclic N) is 1. The van der Waals surface area contributed by atoms with Gasteiger partial charge in [0.2, 0.25) is 0 Å². The van der Waals surface area contributed by atoms with Crippen LogP contribution in [0.3, 0.4) is 0 Å². The Morgan fingerprint density at radius 3 is 3.05 bits per heavy atom. The molecule has 2 saturated heterocycles. The zero-order valence-corrected chi connectivity index (χ0v) is 12.7. The summed E-state index contributed by atoms with van der Waals surface area (Å²) in [5, 5.41) is 13.8. The van der Waals surface area contributed by atoms with E-state index >= 15 is 0 Å². The number of likely N-dealkylation sites (tertiary alicyclic amines) is 1. The van der Waals surface area contributed by atoms with Crippen LogP contribution in [0.15, 0.2) is 18.3 Å². The van der Waals surface area contributed by atoms with Crippen LogP contribution in [0, 0.1) is 0 Å². The maximum Gasteiger partial charge on any atom is 0.125 e. The molecule has 5 nitrogen and oxygen atoms in total. The summed E-state index contributed by atoms with van der Waals surface area (Å²) >= 11 is 0. The van der Waals surface area contributed by atoms with Crippen LogP contribution in [-0.4, -0.2) is 53.9 Å². The van der Waals surface area contributed by atoms with E-state index in [1.165, 1.54) is 12.0 Å². The van der Waals surface area contributed by atoms with Crippen molar-refractivity contribution < 1.29 is 9.84 Å². The highest BCUT2D eigenvalue weighted by atomic mass is 16.5. The monoisotopic (exact) mass is 291 g/mol. The summed E-state index contributed by atoms with van der Waals surface area (Å²) in [5.74, 6) is 0.907. The first-order chi connectivity index (χ1) is 10.2. The minimum absolute atomic E-state index is 0.395. The highest BCUT2D eigenvalue weighted by molar-refractivity contribution is 5.38. The standard InChI is InChI=1S/C16H25N3O2/c1-17-15-11-13(4-7-18-15)14-3-2-8-19(14)12-16(20)5-9-21-10-6-16/h4,7,11,14,20H,2-3,5-6,8-10,12H2,1H3,(H,17,18). The minimum Gasteiger partial charge on any atom is -0.388 e. The quantitative estimate of drug-likeness (QED) is 0.886. The molecule has 0 aliphatic carbocycles. The van der Waals surface area contributed by atoms with Gasteiger partial charge >= 0.3 is 0 Å². The number of nitrogens with zero attached hydrogens (tertiary/aromatic N) is 2. The third kappa shape index (κ3) is 3.36. The Kier molecular flexibility index (Phi) is 4.42. The predicted octanol–water partition coefficient (Wildman–Crippen LogP) is 1.80. The van der Waals surface area contributed by atoms with Gasteiger partial charge in [0.25, 0.3) is 0 Å². The Morgan fingerprint density at radius 1 is 1.48 bits per heavy atom. The molecular weight excluding hydrogens is 266 g/mol. The highest BCUT2D eigenvalue weighted by Crippen LogP contribution is 2.35. The lowest BCUT2D eigenvalue weighted by atomic mass is 9.93. The first-order valence-corrected chi connectivity index (χ1v) is 7.88. The normalized spacial score (nSPS) is 25.9. The maximum atomic E-state index is 10.8. The Bertz CT molecular complexity index is 474. The molecule has 5 heteroatoms. The summed E-state index contributed by atoms with van der Waals surface area (Å²) in [6.45, 7) is 3.16. The van der Waals surface area contributed by atoms with E-state index in [2.05, 4.69) is 27.3 Å². The van der Waals surface area contributed by atoms with Crippen molar-refractivity contribution >= 4 is 5.82 Å². The Labute approximate surface area is 126 Å². The summed E-state index contributed by atoms with van der Waals surface area (Å²) in [6.07, 6.45) is 5.69. The number of pyridine rings is 1. The zero-order valence-electron chi connectivity index (χ0n) is 12.7. The fourth-order valence-corrected chi connectivity index (χ4v) is 3.47. The van der Waals surface area contributed by atoms with Crippen LogP contribution in [0.25, 0.3) is 0 Å². The molecule has 0 amide bonds. The first-order valence-electron chi connectivity index (χ1n) is 7.88. The molecule has 0 aromatic carbocycles. The van der Waals surface area contributed by atoms with E-state index in [0.29, 0.717) is 19.3 Å². The van der Waals surface area contributed by atoms with E-state index in [1.807, 2.05) is 13.2 Å². The SMILES string of the molecule is CNc1cc(C2CCCN2CC2(O)CCOCC2)ccn1. The fourth-order valence-electron chi connectivity index (χ4n) is 3.47. The van der Waals surface area contributed by atoms with Crippen LogP contribution < -0.4 is 5.32 Å². The molecule has 2 N–H and O–H groups in total. The van der Waals surface area contributed by atoms with Crippen LogP contribution >= 0.6 is 0 Å². The second-order valence-corrected chi connectivity index (χ2v) is 6.19. The number of nitrogens with one attached hydrogen (secondary N) is 1. The van der Waals surface area contributed by atoms with Crippen molar-refractivity contribution in [1.82, 2.24) is 9.88 Å². The average molecular weight is 291 g/mol. The summed E-state index contributed by atoms with van der Waals surface area (Å²) in [5.41, 5.74) is 0.710.